The fourth-order valence-electron chi connectivity index (χ4n) is 1.93. The van der Waals surface area contributed by atoms with Crippen LogP contribution in [0.4, 0.5) is 0 Å². The fourth-order valence-corrected chi connectivity index (χ4v) is 1.93. The number of aliphatic imine (C=N–C) groups is 2. The maximum absolute atomic E-state index is 4.61. The normalized spacial score (nSPS) is 12.3. The van der Waals surface area contributed by atoms with Crippen LogP contribution in [0.3, 0.4) is 0 Å². The first-order valence-corrected chi connectivity index (χ1v) is 10.9. The number of hydrogen-bond acceptors (Lipinski definition) is 4. The third-order valence-corrected chi connectivity index (χ3v) is 3.58. The van der Waals surface area contributed by atoms with Crippen LogP contribution in [-0.4, -0.2) is 25.5 Å². The molecular weight excluding hydrogens is 404 g/mol. The van der Waals surface area contributed by atoms with Crippen LogP contribution in [0.1, 0.15) is 48.0 Å². The molecule has 0 aromatic carbocycles. The lowest BCUT2D eigenvalue weighted by Gasteiger charge is -2.10. The molecule has 0 unspecified atom stereocenters. The Morgan fingerprint density at radius 3 is 1.97 bits per heavy atom. The first kappa shape index (κ1) is 34.2. The van der Waals surface area contributed by atoms with Crippen LogP contribution in [0.2, 0.25) is 0 Å². The molecular formula is C29H46N4. The van der Waals surface area contributed by atoms with Crippen LogP contribution in [0.5, 0.6) is 0 Å². The molecule has 0 bridgehead atoms. The second-order valence-electron chi connectivity index (χ2n) is 7.28. The van der Waals surface area contributed by atoms with E-state index in [9.17, 15) is 0 Å². The van der Waals surface area contributed by atoms with Crippen LogP contribution in [0, 0.1) is 0 Å². The van der Waals surface area contributed by atoms with Gasteiger partial charge in [0, 0.05) is 25.5 Å². The molecule has 0 aliphatic heterocycles. The van der Waals surface area contributed by atoms with Gasteiger partial charge in [-0.3, -0.25) is 9.98 Å². The minimum atomic E-state index is 0.689. The predicted octanol–water partition coefficient (Wildman–Crippen LogP) is 7.41. The van der Waals surface area contributed by atoms with Crippen LogP contribution in [0.25, 0.3) is 0 Å². The highest BCUT2D eigenvalue weighted by Crippen LogP contribution is 2.13. The van der Waals surface area contributed by atoms with Crippen molar-refractivity contribution < 1.29 is 0 Å². The van der Waals surface area contributed by atoms with Gasteiger partial charge in [0.1, 0.15) is 0 Å². The van der Waals surface area contributed by atoms with E-state index < -0.39 is 0 Å². The van der Waals surface area contributed by atoms with Gasteiger partial charge in [-0.2, -0.15) is 0 Å². The summed E-state index contributed by atoms with van der Waals surface area (Å²) in [6, 6.07) is 0. The van der Waals surface area contributed by atoms with E-state index in [0.717, 1.165) is 34.7 Å². The second kappa shape index (κ2) is 23.3. The number of nitrogens with zero attached hydrogens (tertiary/aromatic N) is 2. The van der Waals surface area contributed by atoms with E-state index >= 15 is 0 Å². The number of rotatable bonds is 11. The Bertz CT molecular complexity index is 809. The van der Waals surface area contributed by atoms with Gasteiger partial charge in [0.25, 0.3) is 0 Å². The van der Waals surface area contributed by atoms with Crippen molar-refractivity contribution in [3.8, 4) is 0 Å². The molecule has 0 saturated heterocycles. The molecule has 0 heterocycles. The molecule has 33 heavy (non-hydrogen) atoms. The minimum absolute atomic E-state index is 0.689. The van der Waals surface area contributed by atoms with Gasteiger partial charge in [-0.15, -0.1) is 6.58 Å². The van der Waals surface area contributed by atoms with E-state index in [1.54, 1.807) is 13.3 Å². The fraction of sp³-hybridized carbons (Fsp3) is 0.310. The summed E-state index contributed by atoms with van der Waals surface area (Å²) in [6.45, 7) is 31.4. The molecule has 182 valence electrons. The second-order valence-corrected chi connectivity index (χ2v) is 7.28. The van der Waals surface area contributed by atoms with Crippen molar-refractivity contribution in [1.29, 1.82) is 0 Å². The van der Waals surface area contributed by atoms with E-state index in [0.29, 0.717) is 6.54 Å². The van der Waals surface area contributed by atoms with Crippen molar-refractivity contribution in [1.82, 2.24) is 5.32 Å². The highest BCUT2D eigenvalue weighted by Gasteiger charge is 2.01. The topological polar surface area (TPSA) is 62.8 Å². The highest BCUT2D eigenvalue weighted by molar-refractivity contribution is 6.08. The molecule has 0 spiro atoms. The maximum Gasteiger partial charge on any atom is 0.0854 e. The average Bonchev–Trinajstić information content (AvgIpc) is 2.76. The van der Waals surface area contributed by atoms with Gasteiger partial charge >= 0.3 is 0 Å². The lowest BCUT2D eigenvalue weighted by atomic mass is 10.0. The van der Waals surface area contributed by atoms with Crippen LogP contribution in [0.15, 0.2) is 119 Å². The highest BCUT2D eigenvalue weighted by atomic mass is 14.9. The van der Waals surface area contributed by atoms with Crippen molar-refractivity contribution >= 4 is 11.9 Å². The van der Waals surface area contributed by atoms with Gasteiger partial charge in [-0.25, -0.2) is 0 Å². The maximum atomic E-state index is 4.61. The molecule has 0 saturated carbocycles. The van der Waals surface area contributed by atoms with Crippen molar-refractivity contribution in [3.63, 3.8) is 0 Å². The molecule has 0 aromatic rings. The van der Waals surface area contributed by atoms with Crippen molar-refractivity contribution in [2.24, 2.45) is 15.7 Å². The molecule has 0 aromatic heterocycles. The minimum Gasteiger partial charge on any atom is -0.405 e. The summed E-state index contributed by atoms with van der Waals surface area (Å²) < 4.78 is 0. The van der Waals surface area contributed by atoms with Crippen LogP contribution >= 0.6 is 0 Å². The third kappa shape index (κ3) is 23.1. The first-order chi connectivity index (χ1) is 15.5. The molecule has 0 aliphatic rings. The van der Waals surface area contributed by atoms with Crippen molar-refractivity contribution in [2.45, 2.75) is 48.0 Å². The summed E-state index contributed by atoms with van der Waals surface area (Å²) in [4.78, 5) is 8.53. The van der Waals surface area contributed by atoms with Gasteiger partial charge in [0.2, 0.25) is 0 Å². The monoisotopic (exact) mass is 450 g/mol. The number of nitrogens with two attached hydrogens (primary N) is 1. The van der Waals surface area contributed by atoms with Gasteiger partial charge in [0.15, 0.2) is 0 Å². The Morgan fingerprint density at radius 2 is 1.55 bits per heavy atom. The largest absolute Gasteiger partial charge is 0.405 e. The Morgan fingerprint density at radius 1 is 1.00 bits per heavy atom. The Balaban J connectivity index is -0.00000112. The zero-order chi connectivity index (χ0) is 26.2. The standard InChI is InChI=1S/C23H33N3.C4H8.C2H5N/c1-9-12-23(26-20(6)15-16-24-8)21(7)25-17-18(4)13-14-22(11-3)19(5)10-2;1-4(2)3;1-2-3/h9,11-16,25H,3,5,7,10,17H2,1-2,4,6,8H3;1H2,2-3H3;2H,1,3H2/b12-9-,18-13+,20-15+,22-14+,24-16?,26-23+;;. The van der Waals surface area contributed by atoms with Crippen LogP contribution in [-0.2, 0) is 0 Å². The number of hydrogen-bond donors (Lipinski definition) is 2. The Hall–Kier alpha value is -3.40. The summed E-state index contributed by atoms with van der Waals surface area (Å²) in [5.41, 5.74) is 11.6. The molecule has 0 atom stereocenters. The molecule has 0 amide bonds. The molecule has 0 aliphatic carbocycles. The summed E-state index contributed by atoms with van der Waals surface area (Å²) in [5, 5.41) is 3.33. The Kier molecular flexibility index (Phi) is 24.1. The molecule has 3 N–H and O–H groups in total. The molecule has 4 heteroatoms. The smallest absolute Gasteiger partial charge is 0.0854 e. The lowest BCUT2D eigenvalue weighted by Crippen LogP contribution is -2.20. The first-order valence-electron chi connectivity index (χ1n) is 10.9. The van der Waals surface area contributed by atoms with E-state index in [4.69, 9.17) is 0 Å². The molecule has 4 nitrogen and oxygen atoms in total. The summed E-state index contributed by atoms with van der Waals surface area (Å²) in [7, 11) is 1.73. The molecule has 0 radical (unpaired) electrons. The van der Waals surface area contributed by atoms with Gasteiger partial charge in [-0.05, 0) is 70.5 Å². The third-order valence-electron chi connectivity index (χ3n) is 3.58. The number of nitrogens with one attached hydrogen (secondary N) is 1. The SMILES string of the molecule is C=C(C)C.C=C/C(=C\C=C(/C)CNC(=C)C(/C=C\C)=N/C(C)=C/C=NC)C(=C)CC.C=CN. The summed E-state index contributed by atoms with van der Waals surface area (Å²) in [6.07, 6.45) is 15.6. The van der Waals surface area contributed by atoms with E-state index in [-0.39, 0.29) is 0 Å². The van der Waals surface area contributed by atoms with E-state index in [2.05, 4.69) is 79.9 Å². The lowest BCUT2D eigenvalue weighted by molar-refractivity contribution is 0.910. The van der Waals surface area contributed by atoms with Crippen LogP contribution < -0.4 is 11.1 Å². The summed E-state index contributed by atoms with van der Waals surface area (Å²) in [5.74, 6) is 0. The van der Waals surface area contributed by atoms with Crippen molar-refractivity contribution in [2.75, 3.05) is 13.6 Å². The van der Waals surface area contributed by atoms with E-state index in [1.165, 1.54) is 17.3 Å². The Labute approximate surface area is 203 Å². The van der Waals surface area contributed by atoms with E-state index in [1.807, 2.05) is 52.0 Å². The molecule has 0 rings (SSSR count). The summed E-state index contributed by atoms with van der Waals surface area (Å²) >= 11 is 0. The van der Waals surface area contributed by atoms with Gasteiger partial charge in [-0.1, -0.05) is 68.7 Å². The zero-order valence-corrected chi connectivity index (χ0v) is 22.0. The van der Waals surface area contributed by atoms with Gasteiger partial charge in [0.05, 0.1) is 11.4 Å². The predicted molar refractivity (Wildman–Crippen MR) is 154 cm³/mol. The van der Waals surface area contributed by atoms with Gasteiger partial charge < -0.3 is 11.1 Å². The molecule has 0 fully saturated rings. The average molecular weight is 451 g/mol. The zero-order valence-electron chi connectivity index (χ0n) is 22.0. The van der Waals surface area contributed by atoms with Crippen molar-refractivity contribution in [3.05, 3.63) is 109 Å². The number of allylic oxidation sites excluding steroid dienone is 10. The quantitative estimate of drug-likeness (QED) is 0.195.